The van der Waals surface area contributed by atoms with E-state index in [-0.39, 0.29) is 6.42 Å². The van der Waals surface area contributed by atoms with Crippen LogP contribution in [0.2, 0.25) is 0 Å². The molecule has 94 valence electrons. The molecule has 18 heavy (non-hydrogen) atoms. The fraction of sp³-hybridized carbons (Fsp3) is 0.200. The normalized spacial score (nSPS) is 12.2. The van der Waals surface area contributed by atoms with E-state index in [9.17, 15) is 4.39 Å². The third-order valence-corrected chi connectivity index (χ3v) is 2.78. The molecule has 2 aromatic carbocycles. The summed E-state index contributed by atoms with van der Waals surface area (Å²) in [5.41, 5.74) is 2.74. The van der Waals surface area contributed by atoms with Crippen molar-refractivity contribution in [2.24, 2.45) is 0 Å². The molecule has 0 saturated heterocycles. The van der Waals surface area contributed by atoms with Gasteiger partial charge in [-0.15, -0.1) is 0 Å². The van der Waals surface area contributed by atoms with Gasteiger partial charge in [0.1, 0.15) is 5.75 Å². The minimum absolute atomic E-state index is 0.0573. The number of aliphatic hydroxyl groups excluding tert-OH is 1. The predicted molar refractivity (Wildman–Crippen MR) is 69.2 cm³/mol. The van der Waals surface area contributed by atoms with Gasteiger partial charge in [-0.2, -0.15) is 0 Å². The van der Waals surface area contributed by atoms with Gasteiger partial charge in [-0.05, 0) is 22.8 Å². The van der Waals surface area contributed by atoms with Crippen LogP contribution in [0.15, 0.2) is 48.5 Å². The molecule has 1 unspecified atom stereocenters. The van der Waals surface area contributed by atoms with Crippen LogP contribution in [0.3, 0.4) is 0 Å². The second-order valence-electron chi connectivity index (χ2n) is 4.03. The molecule has 1 atom stereocenters. The van der Waals surface area contributed by atoms with Crippen molar-refractivity contribution in [1.29, 1.82) is 0 Å². The Labute approximate surface area is 106 Å². The smallest absolute Gasteiger partial charge is 0.200 e. The zero-order valence-electron chi connectivity index (χ0n) is 10.1. The van der Waals surface area contributed by atoms with Gasteiger partial charge in [-0.3, -0.25) is 0 Å². The van der Waals surface area contributed by atoms with E-state index >= 15 is 0 Å². The van der Waals surface area contributed by atoms with E-state index in [4.69, 9.17) is 9.84 Å². The van der Waals surface area contributed by atoms with Gasteiger partial charge in [0.2, 0.25) is 6.36 Å². The SMILES string of the molecule is COc1cc(-c2ccccc2)ccc1CC(O)F. The molecule has 0 aliphatic carbocycles. The van der Waals surface area contributed by atoms with Crippen LogP contribution in [0.1, 0.15) is 5.56 Å². The van der Waals surface area contributed by atoms with Crippen LogP contribution in [0.25, 0.3) is 11.1 Å². The Morgan fingerprint density at radius 3 is 2.44 bits per heavy atom. The Balaban J connectivity index is 2.36. The van der Waals surface area contributed by atoms with E-state index in [0.29, 0.717) is 11.3 Å². The summed E-state index contributed by atoms with van der Waals surface area (Å²) < 4.78 is 17.9. The lowest BCUT2D eigenvalue weighted by Crippen LogP contribution is -2.04. The van der Waals surface area contributed by atoms with E-state index in [2.05, 4.69) is 0 Å². The molecule has 0 bridgehead atoms. The fourth-order valence-electron chi connectivity index (χ4n) is 1.90. The van der Waals surface area contributed by atoms with Gasteiger partial charge in [-0.25, -0.2) is 4.39 Å². The number of rotatable bonds is 4. The quantitative estimate of drug-likeness (QED) is 0.897. The van der Waals surface area contributed by atoms with Crippen LogP contribution in [0, 0.1) is 0 Å². The highest BCUT2D eigenvalue weighted by Gasteiger charge is 2.09. The standard InChI is InChI=1S/C15H15FO2/c1-18-14-9-12(11-5-3-2-4-6-11)7-8-13(14)10-15(16)17/h2-9,15,17H,10H2,1H3. The minimum atomic E-state index is -1.86. The maximum Gasteiger partial charge on any atom is 0.200 e. The molecule has 0 amide bonds. The molecule has 0 saturated carbocycles. The average Bonchev–Trinajstić information content (AvgIpc) is 2.39. The molecule has 3 heteroatoms. The summed E-state index contributed by atoms with van der Waals surface area (Å²) in [5, 5.41) is 8.79. The number of aliphatic hydroxyl groups is 1. The van der Waals surface area contributed by atoms with Crippen molar-refractivity contribution in [3.63, 3.8) is 0 Å². The predicted octanol–water partition coefficient (Wildman–Crippen LogP) is 3.19. The molecule has 0 aliphatic rings. The first-order valence-electron chi connectivity index (χ1n) is 5.75. The minimum Gasteiger partial charge on any atom is -0.496 e. The number of alkyl halides is 1. The van der Waals surface area contributed by atoms with Crippen molar-refractivity contribution >= 4 is 0 Å². The van der Waals surface area contributed by atoms with Crippen molar-refractivity contribution in [2.75, 3.05) is 7.11 Å². The Hall–Kier alpha value is -1.87. The fourth-order valence-corrected chi connectivity index (χ4v) is 1.90. The van der Waals surface area contributed by atoms with Crippen molar-refractivity contribution in [3.8, 4) is 16.9 Å². The highest BCUT2D eigenvalue weighted by Crippen LogP contribution is 2.28. The maximum absolute atomic E-state index is 12.6. The molecule has 2 nitrogen and oxygen atoms in total. The van der Waals surface area contributed by atoms with Crippen LogP contribution >= 0.6 is 0 Å². The van der Waals surface area contributed by atoms with Crippen LogP contribution in [-0.2, 0) is 6.42 Å². The second-order valence-corrected chi connectivity index (χ2v) is 4.03. The largest absolute Gasteiger partial charge is 0.496 e. The van der Waals surface area contributed by atoms with Gasteiger partial charge in [-0.1, -0.05) is 42.5 Å². The maximum atomic E-state index is 12.6. The zero-order valence-corrected chi connectivity index (χ0v) is 10.1. The molecular formula is C15H15FO2. The Morgan fingerprint density at radius 2 is 1.83 bits per heavy atom. The van der Waals surface area contributed by atoms with Gasteiger partial charge < -0.3 is 9.84 Å². The lowest BCUT2D eigenvalue weighted by Gasteiger charge is -2.11. The topological polar surface area (TPSA) is 29.5 Å². The lowest BCUT2D eigenvalue weighted by molar-refractivity contribution is 0.0424. The summed E-state index contributed by atoms with van der Waals surface area (Å²) in [6, 6.07) is 15.4. The third kappa shape index (κ3) is 2.87. The van der Waals surface area contributed by atoms with Gasteiger partial charge in [0.15, 0.2) is 0 Å². The summed E-state index contributed by atoms with van der Waals surface area (Å²) >= 11 is 0. The summed E-state index contributed by atoms with van der Waals surface area (Å²) in [4.78, 5) is 0. The molecule has 0 fully saturated rings. The first-order chi connectivity index (χ1) is 8.70. The van der Waals surface area contributed by atoms with Crippen LogP contribution in [0.5, 0.6) is 5.75 Å². The van der Waals surface area contributed by atoms with Crippen molar-refractivity contribution < 1.29 is 14.2 Å². The first-order valence-corrected chi connectivity index (χ1v) is 5.75. The molecule has 0 spiro atoms. The van der Waals surface area contributed by atoms with Crippen molar-refractivity contribution in [3.05, 3.63) is 54.1 Å². The summed E-state index contributed by atoms with van der Waals surface area (Å²) in [6.07, 6.45) is -1.92. The van der Waals surface area contributed by atoms with Gasteiger partial charge >= 0.3 is 0 Å². The highest BCUT2D eigenvalue weighted by atomic mass is 19.1. The second kappa shape index (κ2) is 5.65. The molecule has 0 radical (unpaired) electrons. The van der Waals surface area contributed by atoms with E-state index in [0.717, 1.165) is 11.1 Å². The van der Waals surface area contributed by atoms with E-state index in [1.54, 1.807) is 6.07 Å². The summed E-state index contributed by atoms with van der Waals surface area (Å²) in [7, 11) is 1.54. The van der Waals surface area contributed by atoms with Gasteiger partial charge in [0.25, 0.3) is 0 Å². The van der Waals surface area contributed by atoms with E-state index in [1.807, 2.05) is 42.5 Å². The van der Waals surface area contributed by atoms with Crippen LogP contribution in [0.4, 0.5) is 4.39 Å². The number of halogens is 1. The van der Waals surface area contributed by atoms with E-state index < -0.39 is 6.36 Å². The summed E-state index contributed by atoms with van der Waals surface area (Å²) in [5.74, 6) is 0.591. The summed E-state index contributed by atoms with van der Waals surface area (Å²) in [6.45, 7) is 0. The number of benzene rings is 2. The zero-order chi connectivity index (χ0) is 13.0. The molecule has 0 aromatic heterocycles. The molecule has 2 rings (SSSR count). The number of methoxy groups -OCH3 is 1. The Bertz CT molecular complexity index is 509. The molecule has 0 aliphatic heterocycles. The Kier molecular flexibility index (Phi) is 3.95. The molecular weight excluding hydrogens is 231 g/mol. The third-order valence-electron chi connectivity index (χ3n) is 2.78. The molecule has 2 aromatic rings. The van der Waals surface area contributed by atoms with Crippen molar-refractivity contribution in [2.45, 2.75) is 12.8 Å². The monoisotopic (exact) mass is 246 g/mol. The highest BCUT2D eigenvalue weighted by molar-refractivity contribution is 5.66. The number of hydrogen-bond acceptors (Lipinski definition) is 2. The Morgan fingerprint density at radius 1 is 1.11 bits per heavy atom. The lowest BCUT2D eigenvalue weighted by atomic mass is 10.0. The average molecular weight is 246 g/mol. The van der Waals surface area contributed by atoms with Gasteiger partial charge in [0.05, 0.1) is 7.11 Å². The molecule has 1 N–H and O–H groups in total. The number of hydrogen-bond donors (Lipinski definition) is 1. The van der Waals surface area contributed by atoms with Gasteiger partial charge in [0, 0.05) is 6.42 Å². The van der Waals surface area contributed by atoms with Crippen LogP contribution in [-0.4, -0.2) is 18.6 Å². The van der Waals surface area contributed by atoms with Crippen molar-refractivity contribution in [1.82, 2.24) is 0 Å². The first kappa shape index (κ1) is 12.6. The van der Waals surface area contributed by atoms with E-state index in [1.165, 1.54) is 7.11 Å². The molecule has 0 heterocycles. The van der Waals surface area contributed by atoms with Crippen LogP contribution < -0.4 is 4.74 Å². The number of ether oxygens (including phenoxy) is 1.